The van der Waals surface area contributed by atoms with Crippen LogP contribution in [0.1, 0.15) is 30.4 Å². The van der Waals surface area contributed by atoms with Crippen molar-refractivity contribution < 1.29 is 14.0 Å². The molecule has 0 spiro atoms. The molecule has 0 aromatic heterocycles. The number of carbonyl (C=O) groups excluding carboxylic acids is 2. The van der Waals surface area contributed by atoms with Crippen LogP contribution >= 0.6 is 0 Å². The highest BCUT2D eigenvalue weighted by Crippen LogP contribution is 2.18. The lowest BCUT2D eigenvalue weighted by molar-refractivity contribution is -0.148. The zero-order chi connectivity index (χ0) is 13.1. The first kappa shape index (κ1) is 12.7. The summed E-state index contributed by atoms with van der Waals surface area (Å²) in [4.78, 5) is 24.6. The molecular weight excluding hydrogens is 235 g/mol. The molecular formula is C13H15FN2O2. The predicted molar refractivity (Wildman–Crippen MR) is 63.7 cm³/mol. The summed E-state index contributed by atoms with van der Waals surface area (Å²) in [5.41, 5.74) is 6.89. The number of halogens is 1. The fraction of sp³-hybridized carbons (Fsp3) is 0.385. The lowest BCUT2D eigenvalue weighted by atomic mass is 10.0. The second-order valence-corrected chi connectivity index (χ2v) is 4.34. The van der Waals surface area contributed by atoms with E-state index in [1.807, 2.05) is 0 Å². The minimum atomic E-state index is -0.365. The summed E-state index contributed by atoms with van der Waals surface area (Å²) in [6.07, 6.45) is 1.40. The molecule has 1 aliphatic heterocycles. The number of benzene rings is 1. The van der Waals surface area contributed by atoms with Crippen LogP contribution in [0, 0.1) is 5.82 Å². The van der Waals surface area contributed by atoms with Crippen molar-refractivity contribution in [2.24, 2.45) is 5.73 Å². The Morgan fingerprint density at radius 3 is 2.44 bits per heavy atom. The number of hydrogen-bond acceptors (Lipinski definition) is 3. The second kappa shape index (κ2) is 5.27. The first-order chi connectivity index (χ1) is 8.61. The van der Waals surface area contributed by atoms with Crippen molar-refractivity contribution in [3.63, 3.8) is 0 Å². The fourth-order valence-electron chi connectivity index (χ4n) is 2.09. The van der Waals surface area contributed by atoms with Crippen LogP contribution in [0.15, 0.2) is 18.2 Å². The molecule has 0 saturated carbocycles. The van der Waals surface area contributed by atoms with Gasteiger partial charge in [0.15, 0.2) is 0 Å². The lowest BCUT2D eigenvalue weighted by Gasteiger charge is -2.25. The fourth-order valence-corrected chi connectivity index (χ4v) is 2.09. The van der Waals surface area contributed by atoms with Gasteiger partial charge in [-0.3, -0.25) is 14.5 Å². The zero-order valence-electron chi connectivity index (χ0n) is 9.99. The molecule has 1 aromatic carbocycles. The molecule has 0 unspecified atom stereocenters. The number of imide groups is 1. The molecule has 18 heavy (non-hydrogen) atoms. The monoisotopic (exact) mass is 250 g/mol. The molecule has 1 heterocycles. The van der Waals surface area contributed by atoms with E-state index >= 15 is 0 Å². The van der Waals surface area contributed by atoms with Crippen molar-refractivity contribution in [3.8, 4) is 0 Å². The highest BCUT2D eigenvalue weighted by Gasteiger charge is 2.26. The van der Waals surface area contributed by atoms with Crippen molar-refractivity contribution in [2.45, 2.75) is 32.4 Å². The molecule has 2 rings (SSSR count). The molecule has 4 nitrogen and oxygen atoms in total. The number of amides is 2. The van der Waals surface area contributed by atoms with E-state index in [1.54, 1.807) is 6.07 Å². The number of piperidine rings is 1. The van der Waals surface area contributed by atoms with E-state index < -0.39 is 0 Å². The minimum absolute atomic E-state index is 0.168. The number of rotatable bonds is 3. The Balaban J connectivity index is 2.22. The summed E-state index contributed by atoms with van der Waals surface area (Å²) in [7, 11) is 0. The van der Waals surface area contributed by atoms with Gasteiger partial charge in [0.25, 0.3) is 0 Å². The van der Waals surface area contributed by atoms with Crippen LogP contribution in [0.3, 0.4) is 0 Å². The topological polar surface area (TPSA) is 63.4 Å². The van der Waals surface area contributed by atoms with Crippen molar-refractivity contribution in [1.82, 2.24) is 4.90 Å². The molecule has 96 valence electrons. The Bertz CT molecular complexity index is 472. The van der Waals surface area contributed by atoms with E-state index in [-0.39, 0.29) is 30.7 Å². The molecule has 2 N–H and O–H groups in total. The standard InChI is InChI=1S/C13H15FN2O2/c14-11-5-4-9(10(6-11)7-15)8-16-12(17)2-1-3-13(16)18/h4-6H,1-3,7-8,15H2. The van der Waals surface area contributed by atoms with Crippen LogP contribution in [-0.4, -0.2) is 16.7 Å². The maximum Gasteiger partial charge on any atom is 0.229 e. The molecule has 0 aliphatic carbocycles. The van der Waals surface area contributed by atoms with Gasteiger partial charge < -0.3 is 5.73 Å². The molecule has 0 radical (unpaired) electrons. The Kier molecular flexibility index (Phi) is 3.72. The molecule has 1 aliphatic rings. The van der Waals surface area contributed by atoms with Gasteiger partial charge in [-0.2, -0.15) is 0 Å². The molecule has 5 heteroatoms. The first-order valence-electron chi connectivity index (χ1n) is 5.92. The maximum atomic E-state index is 13.1. The van der Waals surface area contributed by atoms with E-state index in [0.29, 0.717) is 24.8 Å². The van der Waals surface area contributed by atoms with E-state index in [0.717, 1.165) is 5.56 Å². The Labute approximate surface area is 105 Å². The number of likely N-dealkylation sites (tertiary alicyclic amines) is 1. The summed E-state index contributed by atoms with van der Waals surface area (Å²) in [5.74, 6) is -0.701. The van der Waals surface area contributed by atoms with Gasteiger partial charge >= 0.3 is 0 Å². The predicted octanol–water partition coefficient (Wildman–Crippen LogP) is 1.32. The smallest absolute Gasteiger partial charge is 0.229 e. The molecule has 1 aromatic rings. The average Bonchev–Trinajstić information content (AvgIpc) is 2.35. The summed E-state index contributed by atoms with van der Waals surface area (Å²) in [5, 5.41) is 0. The summed E-state index contributed by atoms with van der Waals surface area (Å²) < 4.78 is 13.1. The SMILES string of the molecule is NCc1cc(F)ccc1CN1C(=O)CCCC1=O. The van der Waals surface area contributed by atoms with E-state index in [1.165, 1.54) is 17.0 Å². The average molecular weight is 250 g/mol. The highest BCUT2D eigenvalue weighted by molar-refractivity contribution is 5.97. The van der Waals surface area contributed by atoms with Gasteiger partial charge in [-0.15, -0.1) is 0 Å². The van der Waals surface area contributed by atoms with Crippen LogP contribution < -0.4 is 5.73 Å². The Morgan fingerprint density at radius 1 is 1.17 bits per heavy atom. The van der Waals surface area contributed by atoms with Gasteiger partial charge in [0.1, 0.15) is 5.82 Å². The molecule has 1 fully saturated rings. The number of carbonyl (C=O) groups is 2. The van der Waals surface area contributed by atoms with Crippen LogP contribution in [0.4, 0.5) is 4.39 Å². The van der Waals surface area contributed by atoms with Gasteiger partial charge in [-0.05, 0) is 29.7 Å². The van der Waals surface area contributed by atoms with Crippen LogP contribution in [0.25, 0.3) is 0 Å². The number of hydrogen-bond donors (Lipinski definition) is 1. The third-order valence-electron chi connectivity index (χ3n) is 3.10. The second-order valence-electron chi connectivity index (χ2n) is 4.34. The third kappa shape index (κ3) is 2.56. The first-order valence-corrected chi connectivity index (χ1v) is 5.92. The van der Waals surface area contributed by atoms with E-state index in [2.05, 4.69) is 0 Å². The van der Waals surface area contributed by atoms with Crippen molar-refractivity contribution in [1.29, 1.82) is 0 Å². The summed E-state index contributed by atoms with van der Waals surface area (Å²) in [6.45, 7) is 0.369. The van der Waals surface area contributed by atoms with Gasteiger partial charge in [0, 0.05) is 19.4 Å². The Morgan fingerprint density at radius 2 is 1.83 bits per heavy atom. The van der Waals surface area contributed by atoms with Crippen LogP contribution in [-0.2, 0) is 22.7 Å². The normalized spacial score (nSPS) is 16.2. The van der Waals surface area contributed by atoms with Gasteiger partial charge in [0.05, 0.1) is 6.54 Å². The molecule has 2 amide bonds. The summed E-state index contributed by atoms with van der Waals surface area (Å²) >= 11 is 0. The zero-order valence-corrected chi connectivity index (χ0v) is 9.99. The van der Waals surface area contributed by atoms with Gasteiger partial charge in [-0.25, -0.2) is 4.39 Å². The minimum Gasteiger partial charge on any atom is -0.326 e. The maximum absolute atomic E-state index is 13.1. The van der Waals surface area contributed by atoms with Gasteiger partial charge in [-0.1, -0.05) is 6.07 Å². The van der Waals surface area contributed by atoms with Crippen LogP contribution in [0.5, 0.6) is 0 Å². The van der Waals surface area contributed by atoms with Gasteiger partial charge in [0.2, 0.25) is 11.8 Å². The highest BCUT2D eigenvalue weighted by atomic mass is 19.1. The lowest BCUT2D eigenvalue weighted by Crippen LogP contribution is -2.39. The largest absolute Gasteiger partial charge is 0.326 e. The summed E-state index contributed by atoms with van der Waals surface area (Å²) in [6, 6.07) is 4.23. The Hall–Kier alpha value is -1.75. The quantitative estimate of drug-likeness (QED) is 0.823. The molecule has 1 saturated heterocycles. The number of nitrogens with two attached hydrogens (primary N) is 1. The molecule has 0 atom stereocenters. The van der Waals surface area contributed by atoms with Crippen LogP contribution in [0.2, 0.25) is 0 Å². The van der Waals surface area contributed by atoms with E-state index in [9.17, 15) is 14.0 Å². The molecule has 0 bridgehead atoms. The van der Waals surface area contributed by atoms with Crippen molar-refractivity contribution in [3.05, 3.63) is 35.1 Å². The van der Waals surface area contributed by atoms with E-state index in [4.69, 9.17) is 5.73 Å². The third-order valence-corrected chi connectivity index (χ3v) is 3.10. The van der Waals surface area contributed by atoms with Crippen molar-refractivity contribution in [2.75, 3.05) is 0 Å². The number of nitrogens with zero attached hydrogens (tertiary/aromatic N) is 1. The van der Waals surface area contributed by atoms with Crippen molar-refractivity contribution >= 4 is 11.8 Å².